The van der Waals surface area contributed by atoms with Crippen LogP contribution in [0.15, 0.2) is 0 Å². The average Bonchev–Trinajstić information content (AvgIpc) is 2.60. The maximum absolute atomic E-state index is 11.5. The van der Waals surface area contributed by atoms with E-state index in [1.165, 1.54) is 0 Å². The summed E-state index contributed by atoms with van der Waals surface area (Å²) in [4.78, 5) is 13.5. The van der Waals surface area contributed by atoms with Crippen LogP contribution in [0.5, 0.6) is 0 Å². The van der Waals surface area contributed by atoms with Gasteiger partial charge in [0.15, 0.2) is 0 Å². The smallest absolute Gasteiger partial charge is 0.254 e. The molecule has 1 aromatic heterocycles. The fourth-order valence-electron chi connectivity index (χ4n) is 2.15. The molecule has 0 radical (unpaired) electrons. The van der Waals surface area contributed by atoms with Crippen LogP contribution >= 0.6 is 0 Å². The van der Waals surface area contributed by atoms with Gasteiger partial charge in [-0.15, -0.1) is 0 Å². The Morgan fingerprint density at radius 2 is 2.05 bits per heavy atom. The number of amides is 1. The van der Waals surface area contributed by atoms with Crippen LogP contribution in [0.3, 0.4) is 0 Å². The van der Waals surface area contributed by atoms with E-state index in [9.17, 15) is 4.79 Å². The molecule has 0 aliphatic carbocycles. The zero-order valence-electron chi connectivity index (χ0n) is 12.5. The summed E-state index contributed by atoms with van der Waals surface area (Å²) in [5.41, 5.74) is 12.6. The topological polar surface area (TPSA) is 90.2 Å². The lowest BCUT2D eigenvalue weighted by molar-refractivity contribution is 0.1000. The number of hydrogen-bond donors (Lipinski definition) is 2. The number of rotatable bonds is 6. The number of nitrogens with zero attached hydrogens (tertiary/aromatic N) is 3. The van der Waals surface area contributed by atoms with E-state index in [2.05, 4.69) is 18.9 Å². The van der Waals surface area contributed by atoms with Crippen molar-refractivity contribution in [1.82, 2.24) is 9.78 Å². The van der Waals surface area contributed by atoms with Gasteiger partial charge < -0.3 is 16.4 Å². The van der Waals surface area contributed by atoms with Crippen LogP contribution in [0.25, 0.3) is 0 Å². The van der Waals surface area contributed by atoms with Gasteiger partial charge in [0.1, 0.15) is 11.4 Å². The first-order valence-corrected chi connectivity index (χ1v) is 6.55. The summed E-state index contributed by atoms with van der Waals surface area (Å²) in [5, 5.41) is 4.26. The maximum Gasteiger partial charge on any atom is 0.254 e. The Kier molecular flexibility index (Phi) is 4.94. The van der Waals surface area contributed by atoms with E-state index >= 15 is 0 Å². The Labute approximate surface area is 114 Å². The van der Waals surface area contributed by atoms with Gasteiger partial charge in [-0.2, -0.15) is 5.10 Å². The predicted molar refractivity (Wildman–Crippen MR) is 77.2 cm³/mol. The number of hydrogen-bond acceptors (Lipinski definition) is 4. The number of primary amides is 1. The molecule has 0 saturated carbocycles. The van der Waals surface area contributed by atoms with Gasteiger partial charge in [0.2, 0.25) is 0 Å². The number of anilines is 1. The number of carbonyl (C=O) groups is 1. The molecule has 0 fully saturated rings. The van der Waals surface area contributed by atoms with Gasteiger partial charge in [-0.1, -0.05) is 13.8 Å². The van der Waals surface area contributed by atoms with Crippen molar-refractivity contribution in [2.45, 2.75) is 33.2 Å². The minimum Gasteiger partial charge on any atom is -0.365 e. The minimum atomic E-state index is -0.444. The van der Waals surface area contributed by atoms with Crippen molar-refractivity contribution in [2.75, 3.05) is 18.5 Å². The molecule has 19 heavy (non-hydrogen) atoms. The summed E-state index contributed by atoms with van der Waals surface area (Å²) in [6, 6.07) is 0.147. The van der Waals surface area contributed by atoms with E-state index in [0.717, 1.165) is 18.8 Å². The van der Waals surface area contributed by atoms with Crippen molar-refractivity contribution in [2.24, 2.45) is 24.4 Å². The van der Waals surface area contributed by atoms with Crippen molar-refractivity contribution in [3.05, 3.63) is 11.3 Å². The molecule has 0 aliphatic heterocycles. The molecule has 1 heterocycles. The van der Waals surface area contributed by atoms with Crippen molar-refractivity contribution in [3.8, 4) is 0 Å². The van der Waals surface area contributed by atoms with Crippen LogP contribution < -0.4 is 16.4 Å². The van der Waals surface area contributed by atoms with E-state index in [4.69, 9.17) is 11.5 Å². The van der Waals surface area contributed by atoms with Gasteiger partial charge >= 0.3 is 0 Å². The summed E-state index contributed by atoms with van der Waals surface area (Å²) in [6.07, 6.45) is 0.858. The highest BCUT2D eigenvalue weighted by Crippen LogP contribution is 2.22. The fourth-order valence-corrected chi connectivity index (χ4v) is 2.15. The van der Waals surface area contributed by atoms with E-state index in [-0.39, 0.29) is 6.04 Å². The van der Waals surface area contributed by atoms with Gasteiger partial charge in [-0.25, -0.2) is 0 Å². The monoisotopic (exact) mass is 267 g/mol. The van der Waals surface area contributed by atoms with Gasteiger partial charge in [0.25, 0.3) is 5.91 Å². The zero-order chi connectivity index (χ0) is 14.7. The molecule has 108 valence electrons. The molecule has 0 spiro atoms. The zero-order valence-corrected chi connectivity index (χ0v) is 12.5. The highest BCUT2D eigenvalue weighted by Gasteiger charge is 2.21. The standard InChI is InChI=1S/C13H25N5O/c1-8(2)10(14)6-7-17(4)13-11(12(15)19)9(3)16-18(13)5/h8,10H,6-7,14H2,1-5H3,(H2,15,19). The fraction of sp³-hybridized carbons (Fsp3) is 0.692. The van der Waals surface area contributed by atoms with Crippen LogP contribution in [-0.4, -0.2) is 35.3 Å². The van der Waals surface area contributed by atoms with Crippen LogP contribution in [0.2, 0.25) is 0 Å². The maximum atomic E-state index is 11.5. The molecule has 1 atom stereocenters. The van der Waals surface area contributed by atoms with Gasteiger partial charge in [0, 0.05) is 26.7 Å². The number of nitrogens with two attached hydrogens (primary N) is 2. The Balaban J connectivity index is 2.88. The second-order valence-electron chi connectivity index (χ2n) is 5.39. The molecule has 1 aromatic rings. The Bertz CT molecular complexity index is 452. The molecule has 6 nitrogen and oxygen atoms in total. The molecule has 0 aliphatic rings. The Morgan fingerprint density at radius 1 is 1.47 bits per heavy atom. The van der Waals surface area contributed by atoms with Crippen LogP contribution in [-0.2, 0) is 7.05 Å². The third-order valence-electron chi connectivity index (χ3n) is 3.45. The molecule has 1 unspecified atom stereocenters. The van der Waals surface area contributed by atoms with E-state index in [1.54, 1.807) is 11.6 Å². The molecule has 0 bridgehead atoms. The molecule has 1 rings (SSSR count). The average molecular weight is 267 g/mol. The first-order chi connectivity index (χ1) is 8.75. The van der Waals surface area contributed by atoms with Crippen LogP contribution in [0.1, 0.15) is 36.3 Å². The normalized spacial score (nSPS) is 12.8. The summed E-state index contributed by atoms with van der Waals surface area (Å²) >= 11 is 0. The largest absolute Gasteiger partial charge is 0.365 e. The Hall–Kier alpha value is -1.56. The highest BCUT2D eigenvalue weighted by molar-refractivity contribution is 5.99. The minimum absolute atomic E-state index is 0.147. The predicted octanol–water partition coefficient (Wildman–Crippen LogP) is 0.637. The van der Waals surface area contributed by atoms with Crippen LogP contribution in [0.4, 0.5) is 5.82 Å². The van der Waals surface area contributed by atoms with Crippen molar-refractivity contribution in [1.29, 1.82) is 0 Å². The molecule has 1 amide bonds. The quantitative estimate of drug-likeness (QED) is 0.791. The lowest BCUT2D eigenvalue weighted by Gasteiger charge is -2.23. The third-order valence-corrected chi connectivity index (χ3v) is 3.45. The summed E-state index contributed by atoms with van der Waals surface area (Å²) in [7, 11) is 3.74. The second kappa shape index (κ2) is 6.06. The lowest BCUT2D eigenvalue weighted by Crippen LogP contribution is -2.33. The number of aryl methyl sites for hydroxylation is 2. The summed E-state index contributed by atoms with van der Waals surface area (Å²) in [6.45, 7) is 6.76. The van der Waals surface area contributed by atoms with Crippen molar-refractivity contribution >= 4 is 11.7 Å². The summed E-state index contributed by atoms with van der Waals surface area (Å²) < 4.78 is 1.69. The van der Waals surface area contributed by atoms with E-state index in [0.29, 0.717) is 17.2 Å². The molecular formula is C13H25N5O. The van der Waals surface area contributed by atoms with Crippen LogP contribution in [0, 0.1) is 12.8 Å². The van der Waals surface area contributed by atoms with Gasteiger partial charge in [-0.3, -0.25) is 9.48 Å². The number of carbonyl (C=O) groups excluding carboxylic acids is 1. The lowest BCUT2D eigenvalue weighted by atomic mass is 10.0. The second-order valence-corrected chi connectivity index (χ2v) is 5.39. The Morgan fingerprint density at radius 3 is 2.53 bits per heavy atom. The van der Waals surface area contributed by atoms with Gasteiger partial charge in [0.05, 0.1) is 5.69 Å². The molecule has 0 saturated heterocycles. The molecule has 0 aromatic carbocycles. The van der Waals surface area contributed by atoms with Gasteiger partial charge in [-0.05, 0) is 19.3 Å². The molecular weight excluding hydrogens is 242 g/mol. The van der Waals surface area contributed by atoms with E-state index in [1.807, 2.05) is 19.0 Å². The third kappa shape index (κ3) is 3.47. The first-order valence-electron chi connectivity index (χ1n) is 6.55. The number of aromatic nitrogens is 2. The SMILES string of the molecule is Cc1nn(C)c(N(C)CCC(N)C(C)C)c1C(N)=O. The van der Waals surface area contributed by atoms with Crippen molar-refractivity contribution < 1.29 is 4.79 Å². The van der Waals surface area contributed by atoms with E-state index < -0.39 is 5.91 Å². The molecule has 4 N–H and O–H groups in total. The van der Waals surface area contributed by atoms with Crippen molar-refractivity contribution in [3.63, 3.8) is 0 Å². The first kappa shape index (κ1) is 15.5. The summed E-state index contributed by atoms with van der Waals surface area (Å²) in [5.74, 6) is 0.749. The highest BCUT2D eigenvalue weighted by atomic mass is 16.1. The molecule has 6 heteroatoms.